The van der Waals surface area contributed by atoms with Crippen LogP contribution in [-0.2, 0) is 30.8 Å². The zero-order valence-electron chi connectivity index (χ0n) is 35.5. The summed E-state index contributed by atoms with van der Waals surface area (Å²) in [6, 6.07) is 16.2. The lowest BCUT2D eigenvalue weighted by Gasteiger charge is -2.46. The number of nitrogens with one attached hydrogen (secondary N) is 3. The number of thiazole rings is 1. The highest BCUT2D eigenvalue weighted by molar-refractivity contribution is 7.90. The number of benzene rings is 3. The second-order valence-electron chi connectivity index (χ2n) is 16.4. The molecule has 61 heavy (non-hydrogen) atoms. The number of carbonyl (C=O) groups is 4. The predicted molar refractivity (Wildman–Crippen MR) is 233 cm³/mol. The summed E-state index contributed by atoms with van der Waals surface area (Å²) >= 11 is 1.21. The number of aromatic nitrogens is 1. The van der Waals surface area contributed by atoms with Gasteiger partial charge in [0.25, 0.3) is 15.9 Å². The number of Topliss-reactive ketones (excluding diaryl/α,β-unsaturated/α-hetero) is 1. The van der Waals surface area contributed by atoms with Crippen LogP contribution < -0.4 is 25.8 Å². The number of nitrogens with two attached hydrogens (primary N) is 1. The van der Waals surface area contributed by atoms with Gasteiger partial charge in [-0.1, -0.05) is 42.5 Å². The van der Waals surface area contributed by atoms with E-state index >= 15 is 0 Å². The number of alkyl carbamates (subject to hydrolysis) is 1. The summed E-state index contributed by atoms with van der Waals surface area (Å²) in [6.45, 7) is 11.2. The molecule has 2 aliphatic heterocycles. The van der Waals surface area contributed by atoms with Crippen molar-refractivity contribution in [2.24, 2.45) is 10.7 Å². The second-order valence-corrected chi connectivity index (χ2v) is 19.1. The topological polar surface area (TPSA) is 215 Å². The van der Waals surface area contributed by atoms with E-state index < -0.39 is 56.9 Å². The number of nitrogens with zero attached hydrogens (tertiary/aromatic N) is 4. The highest BCUT2D eigenvalue weighted by Crippen LogP contribution is 2.34. The first kappa shape index (κ1) is 44.9. The van der Waals surface area contributed by atoms with Gasteiger partial charge in [-0.2, -0.15) is 0 Å². The molecule has 0 radical (unpaired) electrons. The van der Waals surface area contributed by atoms with E-state index in [1.54, 1.807) is 53.7 Å². The van der Waals surface area contributed by atoms with E-state index in [1.807, 2.05) is 53.5 Å². The number of fused-ring (bicyclic) bond motifs is 2. The molecule has 0 saturated carbocycles. The number of aliphatic imine (C=N–C) groups is 1. The van der Waals surface area contributed by atoms with Gasteiger partial charge in [0.1, 0.15) is 22.9 Å². The molecule has 0 bridgehead atoms. The summed E-state index contributed by atoms with van der Waals surface area (Å²) in [5.74, 6) is -1.18. The summed E-state index contributed by atoms with van der Waals surface area (Å²) in [5, 5.41) is 9.25. The van der Waals surface area contributed by atoms with Gasteiger partial charge in [-0.25, -0.2) is 27.9 Å². The van der Waals surface area contributed by atoms with Crippen LogP contribution in [0.5, 0.6) is 5.75 Å². The Morgan fingerprint density at radius 1 is 1.05 bits per heavy atom. The fourth-order valence-electron chi connectivity index (χ4n) is 7.87. The standard InChI is InChI=1S/C43H54N8O8S2/c1-26-24-33(58-7)27(2)28(3)36(26)61(56,57)49-40(44)45-21-13-17-31(35(52)38-47-30-16-11-12-18-34(30)60-38)46-37(53)32-19-22-50-23-20-43(39(54)51(32)50,25-29-14-9-8-10-15-29)48-41(55)59-42(4,5)6/h8-12,14-16,18,24,31-32H,13,17,19-23,25H2,1-7H3,(H,46,53)(H,48,55)(H3,44,45,49)/t31?,32-,43+/m0/s1. The van der Waals surface area contributed by atoms with Crippen LogP contribution in [0.15, 0.2) is 70.6 Å². The average molecular weight is 875 g/mol. The van der Waals surface area contributed by atoms with E-state index in [2.05, 4.69) is 25.3 Å². The lowest BCUT2D eigenvalue weighted by Crippen LogP contribution is -2.70. The number of ketones is 1. The zero-order chi connectivity index (χ0) is 44.3. The normalized spacial score (nSPS) is 19.0. The number of aryl methyl sites for hydroxylation is 1. The third-order valence-corrected chi connectivity index (χ3v) is 13.5. The maximum Gasteiger partial charge on any atom is 0.408 e. The number of amides is 3. The fourth-order valence-corrected chi connectivity index (χ4v) is 10.3. The maximum atomic E-state index is 14.7. The molecule has 3 atom stereocenters. The van der Waals surface area contributed by atoms with Crippen LogP contribution >= 0.6 is 11.3 Å². The first-order valence-electron chi connectivity index (χ1n) is 20.1. The minimum absolute atomic E-state index is 0.0214. The molecule has 1 unspecified atom stereocenters. The van der Waals surface area contributed by atoms with Crippen molar-refractivity contribution in [2.45, 2.75) is 102 Å². The summed E-state index contributed by atoms with van der Waals surface area (Å²) < 4.78 is 41.0. The average Bonchev–Trinajstić information content (AvgIpc) is 3.83. The van der Waals surface area contributed by atoms with Crippen molar-refractivity contribution in [2.75, 3.05) is 26.7 Å². The SMILES string of the molecule is COc1cc(C)c(S(=O)(=O)NC(N)=NCCCC(NC(=O)[C@@H]2CCN3CC[C@](Cc4ccccc4)(NC(=O)OC(C)(C)C)C(=O)N23)C(=O)c2nc3ccccc3s2)c(C)c1C. The smallest absolute Gasteiger partial charge is 0.408 e. The van der Waals surface area contributed by atoms with Gasteiger partial charge in [0.05, 0.1) is 28.3 Å². The number of rotatable bonds is 14. The van der Waals surface area contributed by atoms with Crippen LogP contribution in [-0.4, -0.2) is 103 Å². The summed E-state index contributed by atoms with van der Waals surface area (Å²) in [7, 11) is -2.59. The van der Waals surface area contributed by atoms with Gasteiger partial charge in [-0.05, 0) is 108 Å². The molecular formula is C43H54N8O8S2. The number of hydrogen-bond donors (Lipinski definition) is 4. The van der Waals surface area contributed by atoms with Gasteiger partial charge >= 0.3 is 6.09 Å². The molecule has 3 aromatic carbocycles. The minimum atomic E-state index is -4.11. The van der Waals surface area contributed by atoms with Crippen LogP contribution in [0.2, 0.25) is 0 Å². The van der Waals surface area contributed by atoms with Crippen molar-refractivity contribution < 1.29 is 37.1 Å². The Labute approximate surface area is 360 Å². The Morgan fingerprint density at radius 2 is 1.75 bits per heavy atom. The molecule has 0 aliphatic carbocycles. The number of sulfonamides is 1. The highest BCUT2D eigenvalue weighted by atomic mass is 32.2. The van der Waals surface area contributed by atoms with Gasteiger partial charge in [-0.15, -0.1) is 11.3 Å². The number of guanidine groups is 1. The fraction of sp³-hybridized carbons (Fsp3) is 0.442. The molecule has 0 spiro atoms. The molecule has 3 amide bonds. The molecule has 2 fully saturated rings. The Balaban J connectivity index is 1.21. The second kappa shape index (κ2) is 18.2. The number of hydrazine groups is 1. The van der Waals surface area contributed by atoms with Crippen LogP contribution in [0.1, 0.15) is 78.5 Å². The van der Waals surface area contributed by atoms with E-state index in [4.69, 9.17) is 15.2 Å². The quantitative estimate of drug-likeness (QED) is 0.0590. The van der Waals surface area contributed by atoms with Crippen LogP contribution in [0.4, 0.5) is 4.79 Å². The van der Waals surface area contributed by atoms with E-state index in [0.29, 0.717) is 47.5 Å². The maximum absolute atomic E-state index is 14.7. The monoisotopic (exact) mass is 874 g/mol. The first-order chi connectivity index (χ1) is 28.8. The predicted octanol–water partition coefficient (Wildman–Crippen LogP) is 4.70. The summed E-state index contributed by atoms with van der Waals surface area (Å²) in [4.78, 5) is 65.4. The zero-order valence-corrected chi connectivity index (χ0v) is 37.2. The molecule has 2 saturated heterocycles. The Kier molecular flexibility index (Phi) is 13.4. The molecule has 16 nitrogen and oxygen atoms in total. The van der Waals surface area contributed by atoms with Crippen molar-refractivity contribution >= 4 is 61.2 Å². The molecule has 5 N–H and O–H groups in total. The number of para-hydroxylation sites is 1. The molecule has 6 rings (SSSR count). The van der Waals surface area contributed by atoms with Crippen molar-refractivity contribution in [3.05, 3.63) is 87.9 Å². The highest BCUT2D eigenvalue weighted by Gasteiger charge is 2.54. The van der Waals surface area contributed by atoms with E-state index in [9.17, 15) is 27.6 Å². The van der Waals surface area contributed by atoms with Gasteiger partial charge in [0, 0.05) is 26.1 Å². The van der Waals surface area contributed by atoms with Crippen molar-refractivity contribution in [3.8, 4) is 5.75 Å². The van der Waals surface area contributed by atoms with Gasteiger partial charge in [-0.3, -0.25) is 24.4 Å². The number of carbonyl (C=O) groups excluding carboxylic acids is 4. The van der Waals surface area contributed by atoms with E-state index in [1.165, 1.54) is 23.5 Å². The summed E-state index contributed by atoms with van der Waals surface area (Å²) in [5.41, 5.74) is 6.98. The molecule has 18 heteroatoms. The van der Waals surface area contributed by atoms with Crippen molar-refractivity contribution in [3.63, 3.8) is 0 Å². The van der Waals surface area contributed by atoms with Crippen molar-refractivity contribution in [1.29, 1.82) is 0 Å². The number of hydrogen-bond acceptors (Lipinski definition) is 12. The minimum Gasteiger partial charge on any atom is -0.496 e. The van der Waals surface area contributed by atoms with Crippen LogP contribution in [0.25, 0.3) is 10.2 Å². The third-order valence-electron chi connectivity index (χ3n) is 10.8. The lowest BCUT2D eigenvalue weighted by molar-refractivity contribution is -0.167. The third kappa shape index (κ3) is 10.1. The Morgan fingerprint density at radius 3 is 2.44 bits per heavy atom. The van der Waals surface area contributed by atoms with Gasteiger partial charge in [0.2, 0.25) is 17.6 Å². The van der Waals surface area contributed by atoms with Gasteiger partial charge < -0.3 is 25.8 Å². The molecule has 326 valence electrons. The van der Waals surface area contributed by atoms with Crippen LogP contribution in [0.3, 0.4) is 0 Å². The van der Waals surface area contributed by atoms with Crippen molar-refractivity contribution in [1.82, 2.24) is 30.4 Å². The number of ether oxygens (including phenoxy) is 2. The number of methoxy groups -OCH3 is 1. The molecule has 4 aromatic rings. The van der Waals surface area contributed by atoms with Crippen LogP contribution in [0, 0.1) is 20.8 Å². The first-order valence-corrected chi connectivity index (χ1v) is 22.4. The molecule has 3 heterocycles. The van der Waals surface area contributed by atoms with E-state index in [-0.39, 0.29) is 48.1 Å². The molecular weight excluding hydrogens is 821 g/mol. The van der Waals surface area contributed by atoms with E-state index in [0.717, 1.165) is 10.3 Å². The molecule has 1 aromatic heterocycles. The summed E-state index contributed by atoms with van der Waals surface area (Å²) in [6.07, 6.45) is 0.320. The van der Waals surface area contributed by atoms with Gasteiger partial charge in [0.15, 0.2) is 5.01 Å². The lowest BCUT2D eigenvalue weighted by atomic mass is 9.84. The Hall–Kier alpha value is -5.59. The Bertz CT molecular complexity index is 2420. The molecule has 2 aliphatic rings. The largest absolute Gasteiger partial charge is 0.496 e.